The van der Waals surface area contributed by atoms with Gasteiger partial charge >= 0.3 is 0 Å². The number of hydrogen-bond acceptors (Lipinski definition) is 2. The molecule has 0 aliphatic rings. The summed E-state index contributed by atoms with van der Waals surface area (Å²) in [5.74, 6) is 0.704. The number of benzene rings is 1. The number of amides is 1. The van der Waals surface area contributed by atoms with Gasteiger partial charge in [0.05, 0.1) is 0 Å². The van der Waals surface area contributed by atoms with E-state index in [9.17, 15) is 4.79 Å². The van der Waals surface area contributed by atoms with Crippen molar-refractivity contribution in [2.24, 2.45) is 4.99 Å². The quantitative estimate of drug-likeness (QED) is 0.474. The van der Waals surface area contributed by atoms with E-state index in [1.54, 1.807) is 19.0 Å². The molecule has 5 heteroatoms. The first-order valence-electron chi connectivity index (χ1n) is 7.78. The number of nitrogens with one attached hydrogen (secondary N) is 1. The molecule has 0 aliphatic carbocycles. The van der Waals surface area contributed by atoms with Gasteiger partial charge in [0, 0.05) is 34.2 Å². The van der Waals surface area contributed by atoms with Crippen molar-refractivity contribution in [1.82, 2.24) is 15.1 Å². The Balaban J connectivity index is 2.64. The largest absolute Gasteiger partial charge is 0.356 e. The third kappa shape index (κ3) is 7.49. The van der Waals surface area contributed by atoms with Crippen LogP contribution in [0.15, 0.2) is 47.5 Å². The second-order valence-corrected chi connectivity index (χ2v) is 5.90. The number of aliphatic imine (C=N–C) groups is 1. The van der Waals surface area contributed by atoms with E-state index in [0.717, 1.165) is 24.5 Å². The number of carbonyl (C=O) groups excluding carboxylic acids is 1. The van der Waals surface area contributed by atoms with Crippen molar-refractivity contribution in [2.45, 2.75) is 13.3 Å². The Morgan fingerprint density at radius 1 is 1.22 bits per heavy atom. The second kappa shape index (κ2) is 9.66. The summed E-state index contributed by atoms with van der Waals surface area (Å²) in [6.07, 6.45) is 0.905. The standard InChI is InChI=1S/C18H28N4O/c1-15(2)14-22(5)18(20-13-17(23)21(3)4)19-12-11-16-9-7-6-8-10-16/h6-10H,1,11-14H2,2-5H3,(H,19,20). The maximum atomic E-state index is 11.7. The van der Waals surface area contributed by atoms with Gasteiger partial charge in [-0.15, -0.1) is 0 Å². The van der Waals surface area contributed by atoms with Crippen molar-refractivity contribution in [3.05, 3.63) is 48.0 Å². The van der Waals surface area contributed by atoms with Gasteiger partial charge in [0.2, 0.25) is 5.91 Å². The summed E-state index contributed by atoms with van der Waals surface area (Å²) in [6, 6.07) is 10.3. The van der Waals surface area contributed by atoms with E-state index < -0.39 is 0 Å². The van der Waals surface area contributed by atoms with E-state index in [-0.39, 0.29) is 12.5 Å². The molecule has 1 amide bonds. The Hall–Kier alpha value is -2.30. The van der Waals surface area contributed by atoms with E-state index >= 15 is 0 Å². The molecule has 1 rings (SSSR count). The summed E-state index contributed by atoms with van der Waals surface area (Å²) in [5.41, 5.74) is 2.32. The lowest BCUT2D eigenvalue weighted by Crippen LogP contribution is -2.41. The summed E-state index contributed by atoms with van der Waals surface area (Å²) < 4.78 is 0. The number of hydrogen-bond donors (Lipinski definition) is 1. The fraction of sp³-hybridized carbons (Fsp3) is 0.444. The van der Waals surface area contributed by atoms with Crippen molar-refractivity contribution in [1.29, 1.82) is 0 Å². The van der Waals surface area contributed by atoms with Crippen LogP contribution in [0.25, 0.3) is 0 Å². The van der Waals surface area contributed by atoms with Crippen LogP contribution in [0, 0.1) is 0 Å². The number of rotatable bonds is 7. The molecule has 0 aliphatic heterocycles. The first-order chi connectivity index (χ1) is 10.9. The molecule has 0 heterocycles. The Morgan fingerprint density at radius 3 is 2.43 bits per heavy atom. The smallest absolute Gasteiger partial charge is 0.243 e. The molecule has 0 atom stereocenters. The summed E-state index contributed by atoms with van der Waals surface area (Å²) in [4.78, 5) is 19.7. The van der Waals surface area contributed by atoms with E-state index in [1.807, 2.05) is 37.1 Å². The lowest BCUT2D eigenvalue weighted by Gasteiger charge is -2.23. The zero-order chi connectivity index (χ0) is 17.2. The van der Waals surface area contributed by atoms with Crippen LogP contribution in [-0.4, -0.2) is 62.4 Å². The number of nitrogens with zero attached hydrogens (tertiary/aromatic N) is 3. The average molecular weight is 316 g/mol. The van der Waals surface area contributed by atoms with Gasteiger partial charge in [0.15, 0.2) is 5.96 Å². The van der Waals surface area contributed by atoms with Gasteiger partial charge in [0.1, 0.15) is 6.54 Å². The molecule has 1 aromatic rings. The molecule has 0 fully saturated rings. The van der Waals surface area contributed by atoms with Gasteiger partial charge < -0.3 is 15.1 Å². The van der Waals surface area contributed by atoms with Gasteiger partial charge in [-0.05, 0) is 18.9 Å². The molecule has 0 saturated heterocycles. The molecule has 1 aromatic carbocycles. The molecule has 5 nitrogen and oxygen atoms in total. The van der Waals surface area contributed by atoms with Gasteiger partial charge in [-0.2, -0.15) is 0 Å². The van der Waals surface area contributed by atoms with Gasteiger partial charge in [-0.25, -0.2) is 4.99 Å². The highest BCUT2D eigenvalue weighted by atomic mass is 16.2. The molecule has 126 valence electrons. The number of likely N-dealkylation sites (N-methyl/N-ethyl adjacent to an activating group) is 2. The molecular formula is C18H28N4O. The van der Waals surface area contributed by atoms with Crippen LogP contribution in [-0.2, 0) is 11.2 Å². The van der Waals surface area contributed by atoms with E-state index in [4.69, 9.17) is 0 Å². The highest BCUT2D eigenvalue weighted by Gasteiger charge is 2.09. The molecular weight excluding hydrogens is 288 g/mol. The van der Waals surface area contributed by atoms with Crippen molar-refractivity contribution < 1.29 is 4.79 Å². The lowest BCUT2D eigenvalue weighted by molar-refractivity contribution is -0.127. The van der Waals surface area contributed by atoms with E-state index in [1.165, 1.54) is 5.56 Å². The van der Waals surface area contributed by atoms with Crippen LogP contribution >= 0.6 is 0 Å². The monoisotopic (exact) mass is 316 g/mol. The summed E-state index contributed by atoms with van der Waals surface area (Å²) >= 11 is 0. The summed E-state index contributed by atoms with van der Waals surface area (Å²) in [7, 11) is 5.42. The van der Waals surface area contributed by atoms with Crippen molar-refractivity contribution in [3.63, 3.8) is 0 Å². The minimum absolute atomic E-state index is 0.0175. The summed E-state index contributed by atoms with van der Waals surface area (Å²) in [5, 5.41) is 3.33. The minimum Gasteiger partial charge on any atom is -0.356 e. The highest BCUT2D eigenvalue weighted by molar-refractivity contribution is 5.84. The Morgan fingerprint density at radius 2 is 1.87 bits per heavy atom. The first-order valence-corrected chi connectivity index (χ1v) is 7.78. The van der Waals surface area contributed by atoms with Crippen LogP contribution in [0.5, 0.6) is 0 Å². The molecule has 0 saturated carbocycles. The molecule has 0 spiro atoms. The van der Waals surface area contributed by atoms with Crippen molar-refractivity contribution in [2.75, 3.05) is 40.8 Å². The van der Waals surface area contributed by atoms with Crippen LogP contribution in [0.3, 0.4) is 0 Å². The highest BCUT2D eigenvalue weighted by Crippen LogP contribution is 1.99. The van der Waals surface area contributed by atoms with Gasteiger partial charge in [-0.3, -0.25) is 4.79 Å². The normalized spacial score (nSPS) is 11.0. The lowest BCUT2D eigenvalue weighted by atomic mass is 10.1. The van der Waals surface area contributed by atoms with Gasteiger partial charge in [-0.1, -0.05) is 42.5 Å². The molecule has 0 bridgehead atoms. The summed E-state index contributed by atoms with van der Waals surface area (Å²) in [6.45, 7) is 7.51. The predicted molar refractivity (Wildman–Crippen MR) is 96.6 cm³/mol. The van der Waals surface area contributed by atoms with Gasteiger partial charge in [0.25, 0.3) is 0 Å². The number of carbonyl (C=O) groups is 1. The van der Waals surface area contributed by atoms with Crippen LogP contribution in [0.4, 0.5) is 0 Å². The van der Waals surface area contributed by atoms with Crippen molar-refractivity contribution in [3.8, 4) is 0 Å². The fourth-order valence-electron chi connectivity index (χ4n) is 2.04. The maximum absolute atomic E-state index is 11.7. The zero-order valence-electron chi connectivity index (χ0n) is 14.7. The average Bonchev–Trinajstić information content (AvgIpc) is 2.50. The molecule has 1 N–H and O–H groups in total. The minimum atomic E-state index is -0.0175. The third-order valence-electron chi connectivity index (χ3n) is 3.27. The first kappa shape index (κ1) is 18.7. The van der Waals surface area contributed by atoms with Crippen LogP contribution in [0.2, 0.25) is 0 Å². The predicted octanol–water partition coefficient (Wildman–Crippen LogP) is 1.77. The van der Waals surface area contributed by atoms with E-state index in [2.05, 4.69) is 29.0 Å². The molecule has 0 aromatic heterocycles. The molecule has 0 unspecified atom stereocenters. The maximum Gasteiger partial charge on any atom is 0.243 e. The third-order valence-corrected chi connectivity index (χ3v) is 3.27. The molecule has 0 radical (unpaired) electrons. The Kier molecular flexibility index (Phi) is 7.88. The Bertz CT molecular complexity index is 537. The zero-order valence-corrected chi connectivity index (χ0v) is 14.7. The molecule has 23 heavy (non-hydrogen) atoms. The number of guanidine groups is 1. The SMILES string of the molecule is C=C(C)CN(C)C(=NCC(=O)N(C)C)NCCc1ccccc1. The topological polar surface area (TPSA) is 47.9 Å². The van der Waals surface area contributed by atoms with E-state index in [0.29, 0.717) is 6.54 Å². The fourth-order valence-corrected chi connectivity index (χ4v) is 2.04. The van der Waals surface area contributed by atoms with Crippen LogP contribution in [0.1, 0.15) is 12.5 Å². The Labute approximate surface area is 139 Å². The second-order valence-electron chi connectivity index (χ2n) is 5.90. The van der Waals surface area contributed by atoms with Crippen molar-refractivity contribution >= 4 is 11.9 Å². The van der Waals surface area contributed by atoms with Crippen LogP contribution < -0.4 is 5.32 Å².